The van der Waals surface area contributed by atoms with Crippen LogP contribution < -0.4 is 0 Å². The largest absolute Gasteiger partial charge is 0.298 e. The van der Waals surface area contributed by atoms with Gasteiger partial charge in [0.15, 0.2) is 0 Å². The minimum Gasteiger partial charge on any atom is -0.298 e. The third-order valence-corrected chi connectivity index (χ3v) is 4.81. The number of aldehydes is 1. The maximum absolute atomic E-state index is 10.7. The molecule has 0 aliphatic rings. The van der Waals surface area contributed by atoms with Crippen LogP contribution >= 0.6 is 27.7 Å². The lowest BCUT2D eigenvalue weighted by Crippen LogP contribution is -1.84. The summed E-state index contributed by atoms with van der Waals surface area (Å²) in [6.45, 7) is 4.21. The highest BCUT2D eigenvalue weighted by atomic mass is 79.9. The minimum atomic E-state index is 0.687. The molecule has 0 heterocycles. The zero-order valence-electron chi connectivity index (χ0n) is 10.2. The van der Waals surface area contributed by atoms with Crippen molar-refractivity contribution in [3.63, 3.8) is 0 Å². The van der Waals surface area contributed by atoms with E-state index in [4.69, 9.17) is 0 Å². The average Bonchev–Trinajstić information content (AvgIpc) is 2.34. The van der Waals surface area contributed by atoms with Gasteiger partial charge in [-0.1, -0.05) is 35.5 Å². The van der Waals surface area contributed by atoms with Gasteiger partial charge in [-0.3, -0.25) is 4.79 Å². The molecule has 0 fully saturated rings. The van der Waals surface area contributed by atoms with Gasteiger partial charge in [0.25, 0.3) is 0 Å². The molecule has 3 heteroatoms. The molecule has 0 saturated carbocycles. The first-order valence-electron chi connectivity index (χ1n) is 5.60. The predicted octanol–water partition coefficient (Wildman–Crippen LogP) is 5.03. The highest BCUT2D eigenvalue weighted by Crippen LogP contribution is 2.35. The lowest BCUT2D eigenvalue weighted by molar-refractivity contribution is 0.112. The van der Waals surface area contributed by atoms with Crippen LogP contribution in [0.15, 0.2) is 50.7 Å². The molecule has 0 aromatic heterocycles. The molecule has 0 amide bonds. The van der Waals surface area contributed by atoms with E-state index in [0.29, 0.717) is 5.56 Å². The standard InChI is InChI=1S/C15H13BrOS/c1-10-3-5-14(11(2)7-10)18-15-6-4-12(9-17)8-13(15)16/h3-9H,1-2H3. The number of hydrogen-bond acceptors (Lipinski definition) is 2. The SMILES string of the molecule is Cc1ccc(Sc2ccc(C=O)cc2Br)c(C)c1. The van der Waals surface area contributed by atoms with Gasteiger partial charge in [-0.2, -0.15) is 0 Å². The van der Waals surface area contributed by atoms with Gasteiger partial charge in [0.2, 0.25) is 0 Å². The summed E-state index contributed by atoms with van der Waals surface area (Å²) in [5.74, 6) is 0. The lowest BCUT2D eigenvalue weighted by atomic mass is 10.2. The van der Waals surface area contributed by atoms with Crippen LogP contribution in [0, 0.1) is 13.8 Å². The molecule has 2 aromatic carbocycles. The van der Waals surface area contributed by atoms with E-state index in [1.807, 2.05) is 18.2 Å². The Morgan fingerprint density at radius 2 is 1.78 bits per heavy atom. The molecule has 0 aliphatic heterocycles. The molecular formula is C15H13BrOS. The fourth-order valence-electron chi connectivity index (χ4n) is 1.71. The van der Waals surface area contributed by atoms with Gasteiger partial charge in [0.1, 0.15) is 6.29 Å². The van der Waals surface area contributed by atoms with E-state index in [-0.39, 0.29) is 0 Å². The molecule has 0 aliphatic carbocycles. The third-order valence-electron chi connectivity index (χ3n) is 2.64. The molecule has 0 radical (unpaired) electrons. The van der Waals surface area contributed by atoms with Crippen LogP contribution in [0.4, 0.5) is 0 Å². The van der Waals surface area contributed by atoms with Crippen LogP contribution in [0.1, 0.15) is 21.5 Å². The number of halogens is 1. The van der Waals surface area contributed by atoms with Gasteiger partial charge in [-0.05, 0) is 53.5 Å². The van der Waals surface area contributed by atoms with Gasteiger partial charge >= 0.3 is 0 Å². The second kappa shape index (κ2) is 5.72. The maximum Gasteiger partial charge on any atom is 0.150 e. The number of carbonyl (C=O) groups excluding carboxylic acids is 1. The van der Waals surface area contributed by atoms with Gasteiger partial charge < -0.3 is 0 Å². The number of rotatable bonds is 3. The number of carbonyl (C=O) groups is 1. The summed E-state index contributed by atoms with van der Waals surface area (Å²) in [7, 11) is 0. The summed E-state index contributed by atoms with van der Waals surface area (Å²) in [6.07, 6.45) is 0.857. The second-order valence-electron chi connectivity index (χ2n) is 4.18. The van der Waals surface area contributed by atoms with E-state index >= 15 is 0 Å². The molecule has 92 valence electrons. The molecule has 0 spiro atoms. The van der Waals surface area contributed by atoms with Crippen molar-refractivity contribution in [3.8, 4) is 0 Å². The average molecular weight is 321 g/mol. The predicted molar refractivity (Wildman–Crippen MR) is 79.6 cm³/mol. The van der Waals surface area contributed by atoms with Crippen molar-refractivity contribution in [2.75, 3.05) is 0 Å². The number of hydrogen-bond donors (Lipinski definition) is 0. The van der Waals surface area contributed by atoms with Crippen molar-refractivity contribution >= 4 is 34.0 Å². The van der Waals surface area contributed by atoms with E-state index in [1.54, 1.807) is 11.8 Å². The van der Waals surface area contributed by atoms with Crippen molar-refractivity contribution in [1.82, 2.24) is 0 Å². The van der Waals surface area contributed by atoms with Crippen LogP contribution in [0.3, 0.4) is 0 Å². The first-order chi connectivity index (χ1) is 8.60. The highest BCUT2D eigenvalue weighted by Gasteiger charge is 2.06. The van der Waals surface area contributed by atoms with E-state index in [2.05, 4.69) is 48.0 Å². The Labute approximate surface area is 120 Å². The van der Waals surface area contributed by atoms with Crippen LogP contribution in [-0.4, -0.2) is 6.29 Å². The molecule has 2 aromatic rings. The first kappa shape index (κ1) is 13.4. The maximum atomic E-state index is 10.7. The van der Waals surface area contributed by atoms with Crippen molar-refractivity contribution in [2.45, 2.75) is 23.6 Å². The van der Waals surface area contributed by atoms with E-state index in [9.17, 15) is 4.79 Å². The number of aryl methyl sites for hydroxylation is 2. The van der Waals surface area contributed by atoms with Gasteiger partial charge in [0, 0.05) is 19.8 Å². The highest BCUT2D eigenvalue weighted by molar-refractivity contribution is 9.10. The Balaban J connectivity index is 2.31. The second-order valence-corrected chi connectivity index (χ2v) is 6.12. The van der Waals surface area contributed by atoms with Crippen molar-refractivity contribution in [3.05, 3.63) is 57.6 Å². The Morgan fingerprint density at radius 3 is 2.39 bits per heavy atom. The fourth-order valence-corrected chi connectivity index (χ4v) is 3.23. The molecule has 1 nitrogen and oxygen atoms in total. The van der Waals surface area contributed by atoms with E-state index in [1.165, 1.54) is 16.0 Å². The third kappa shape index (κ3) is 3.03. The van der Waals surface area contributed by atoms with Crippen molar-refractivity contribution < 1.29 is 4.79 Å². The summed E-state index contributed by atoms with van der Waals surface area (Å²) >= 11 is 5.21. The molecule has 18 heavy (non-hydrogen) atoms. The Kier molecular flexibility index (Phi) is 4.25. The fraction of sp³-hybridized carbons (Fsp3) is 0.133. The summed E-state index contributed by atoms with van der Waals surface area (Å²) < 4.78 is 0.956. The smallest absolute Gasteiger partial charge is 0.150 e. The Hall–Kier alpha value is -1.06. The Bertz CT molecular complexity index is 593. The van der Waals surface area contributed by atoms with Crippen LogP contribution in [0.2, 0.25) is 0 Å². The Morgan fingerprint density at radius 1 is 1.06 bits per heavy atom. The minimum absolute atomic E-state index is 0.687. The zero-order chi connectivity index (χ0) is 13.1. The van der Waals surface area contributed by atoms with Crippen LogP contribution in [0.25, 0.3) is 0 Å². The first-order valence-corrected chi connectivity index (χ1v) is 7.21. The van der Waals surface area contributed by atoms with Crippen molar-refractivity contribution in [2.24, 2.45) is 0 Å². The topological polar surface area (TPSA) is 17.1 Å². The van der Waals surface area contributed by atoms with Crippen LogP contribution in [0.5, 0.6) is 0 Å². The molecule has 0 N–H and O–H groups in total. The molecule has 2 rings (SSSR count). The van der Waals surface area contributed by atoms with E-state index in [0.717, 1.165) is 15.7 Å². The molecule has 0 saturated heterocycles. The summed E-state index contributed by atoms with van der Waals surface area (Å²) in [4.78, 5) is 13.0. The number of benzene rings is 2. The summed E-state index contributed by atoms with van der Waals surface area (Å²) in [5.41, 5.74) is 3.23. The zero-order valence-corrected chi connectivity index (χ0v) is 12.6. The summed E-state index contributed by atoms with van der Waals surface area (Å²) in [5, 5.41) is 0. The molecular weight excluding hydrogens is 308 g/mol. The van der Waals surface area contributed by atoms with Crippen molar-refractivity contribution in [1.29, 1.82) is 0 Å². The molecule has 0 unspecified atom stereocenters. The van der Waals surface area contributed by atoms with Gasteiger partial charge in [0.05, 0.1) is 0 Å². The lowest BCUT2D eigenvalue weighted by Gasteiger charge is -2.08. The van der Waals surface area contributed by atoms with E-state index < -0.39 is 0 Å². The summed E-state index contributed by atoms with van der Waals surface area (Å²) in [6, 6.07) is 12.1. The van der Waals surface area contributed by atoms with Gasteiger partial charge in [-0.25, -0.2) is 0 Å². The van der Waals surface area contributed by atoms with Gasteiger partial charge in [-0.15, -0.1) is 0 Å². The molecule has 0 atom stereocenters. The quantitative estimate of drug-likeness (QED) is 0.738. The monoisotopic (exact) mass is 320 g/mol. The van der Waals surface area contributed by atoms with Crippen LogP contribution in [-0.2, 0) is 0 Å². The molecule has 0 bridgehead atoms. The normalized spacial score (nSPS) is 10.4.